The number of sulfonamides is 1. The third-order valence-electron chi connectivity index (χ3n) is 5.46. The molecule has 0 unspecified atom stereocenters. The molecule has 11 heteroatoms. The lowest BCUT2D eigenvalue weighted by molar-refractivity contribution is 0.410. The van der Waals surface area contributed by atoms with Crippen molar-refractivity contribution in [1.82, 2.24) is 18.9 Å². The van der Waals surface area contributed by atoms with E-state index in [1.807, 2.05) is 6.07 Å². The number of nitrogens with one attached hydrogen (secondary N) is 2. The van der Waals surface area contributed by atoms with Gasteiger partial charge in [-0.2, -0.15) is 9.61 Å². The molecule has 0 saturated heterocycles. The summed E-state index contributed by atoms with van der Waals surface area (Å²) >= 11 is 3.51. The van der Waals surface area contributed by atoms with Crippen LogP contribution in [0.4, 0.5) is 17.3 Å². The highest BCUT2D eigenvalue weighted by Gasteiger charge is 2.20. The van der Waals surface area contributed by atoms with Crippen molar-refractivity contribution in [2.75, 3.05) is 24.7 Å². The second kappa shape index (κ2) is 8.73. The smallest absolute Gasteiger partial charge is 0.242 e. The Bertz CT molecular complexity index is 1170. The van der Waals surface area contributed by atoms with Gasteiger partial charge in [-0.25, -0.2) is 17.7 Å². The maximum absolute atomic E-state index is 12.3. The van der Waals surface area contributed by atoms with Gasteiger partial charge in [0.25, 0.3) is 0 Å². The third-order valence-corrected chi connectivity index (χ3v) is 7.85. The number of anilines is 3. The van der Waals surface area contributed by atoms with Crippen LogP contribution < -0.4 is 16.4 Å². The minimum Gasteiger partial charge on any atom is -0.367 e. The molecule has 31 heavy (non-hydrogen) atoms. The number of hydrogen-bond acceptors (Lipinski definition) is 7. The molecule has 1 saturated carbocycles. The molecule has 1 aliphatic rings. The average molecular weight is 508 g/mol. The van der Waals surface area contributed by atoms with Gasteiger partial charge in [0, 0.05) is 37.9 Å². The summed E-state index contributed by atoms with van der Waals surface area (Å²) in [5, 5.41) is 11.2. The Morgan fingerprint density at radius 3 is 2.48 bits per heavy atom. The van der Waals surface area contributed by atoms with E-state index in [4.69, 9.17) is 10.7 Å². The predicted octanol–water partition coefficient (Wildman–Crippen LogP) is 3.17. The molecule has 1 aliphatic carbocycles. The molecule has 1 aromatic carbocycles. The first-order valence-corrected chi connectivity index (χ1v) is 12.3. The van der Waals surface area contributed by atoms with Gasteiger partial charge in [0.05, 0.1) is 15.6 Å². The molecule has 2 heterocycles. The van der Waals surface area contributed by atoms with Crippen molar-refractivity contribution < 1.29 is 8.42 Å². The summed E-state index contributed by atoms with van der Waals surface area (Å²) < 4.78 is 28.3. The first kappa shape index (κ1) is 22.0. The van der Waals surface area contributed by atoms with Crippen molar-refractivity contribution in [3.8, 4) is 0 Å². The SMILES string of the molecule is CN(C)S(=O)(=O)c1ccc(Nc2cc(N[C@H]3CC[C@H](N)CC3)nc3c(Br)cnn23)cc1. The molecular formula is C20H26BrN7O2S. The molecule has 4 rings (SSSR count). The second-order valence-corrected chi connectivity index (χ2v) is 11.0. The average Bonchev–Trinajstić information content (AvgIpc) is 3.11. The van der Waals surface area contributed by atoms with Gasteiger partial charge in [0.2, 0.25) is 10.0 Å². The van der Waals surface area contributed by atoms with Crippen LogP contribution in [0, 0.1) is 0 Å². The van der Waals surface area contributed by atoms with Gasteiger partial charge >= 0.3 is 0 Å². The van der Waals surface area contributed by atoms with Gasteiger partial charge in [0.15, 0.2) is 5.65 Å². The van der Waals surface area contributed by atoms with E-state index in [1.165, 1.54) is 18.4 Å². The summed E-state index contributed by atoms with van der Waals surface area (Å²) in [6.07, 6.45) is 5.73. The number of nitrogens with zero attached hydrogens (tertiary/aromatic N) is 4. The van der Waals surface area contributed by atoms with Crippen LogP contribution in [0.1, 0.15) is 25.7 Å². The minimum atomic E-state index is -3.47. The lowest BCUT2D eigenvalue weighted by Gasteiger charge is -2.27. The first-order valence-electron chi connectivity index (χ1n) is 10.1. The Labute approximate surface area is 190 Å². The maximum Gasteiger partial charge on any atom is 0.242 e. The van der Waals surface area contributed by atoms with E-state index in [-0.39, 0.29) is 10.9 Å². The lowest BCUT2D eigenvalue weighted by atomic mass is 9.92. The number of benzene rings is 1. The molecular weight excluding hydrogens is 482 g/mol. The van der Waals surface area contributed by atoms with Gasteiger partial charge in [-0.3, -0.25) is 0 Å². The normalized spacial score (nSPS) is 19.6. The molecule has 4 N–H and O–H groups in total. The molecule has 0 atom stereocenters. The Hall–Kier alpha value is -2.21. The highest BCUT2D eigenvalue weighted by Crippen LogP contribution is 2.27. The van der Waals surface area contributed by atoms with Crippen LogP contribution in [-0.4, -0.2) is 53.5 Å². The van der Waals surface area contributed by atoms with Crippen molar-refractivity contribution in [2.45, 2.75) is 42.7 Å². The topological polar surface area (TPSA) is 118 Å². The van der Waals surface area contributed by atoms with Gasteiger partial charge in [0.1, 0.15) is 11.6 Å². The van der Waals surface area contributed by atoms with Gasteiger partial charge in [-0.05, 0) is 65.9 Å². The fourth-order valence-electron chi connectivity index (χ4n) is 3.64. The molecule has 0 amide bonds. The Kier molecular flexibility index (Phi) is 6.20. The van der Waals surface area contributed by atoms with Crippen LogP contribution in [0.5, 0.6) is 0 Å². The molecule has 166 valence electrons. The van der Waals surface area contributed by atoms with Gasteiger partial charge in [-0.1, -0.05) is 0 Å². The van der Waals surface area contributed by atoms with Crippen LogP contribution in [0.3, 0.4) is 0 Å². The zero-order valence-electron chi connectivity index (χ0n) is 17.4. The van der Waals surface area contributed by atoms with Gasteiger partial charge < -0.3 is 16.4 Å². The van der Waals surface area contributed by atoms with Crippen molar-refractivity contribution in [2.24, 2.45) is 5.73 Å². The fourth-order valence-corrected chi connectivity index (χ4v) is 4.89. The number of rotatable bonds is 6. The summed E-state index contributed by atoms with van der Waals surface area (Å²) in [5.74, 6) is 1.47. The standard InChI is InChI=1S/C20H26BrN7O2S/c1-27(2)31(29,30)16-9-7-15(8-10-16)25-19-11-18(24-14-5-3-13(22)4-6-14)26-20-17(21)12-23-28(19)20/h7-14,25H,3-6,22H2,1-2H3,(H,24,26)/t13-,14-. The third kappa shape index (κ3) is 4.69. The Balaban J connectivity index is 1.61. The van der Waals surface area contributed by atoms with Crippen LogP contribution in [0.2, 0.25) is 0 Å². The zero-order chi connectivity index (χ0) is 22.2. The van der Waals surface area contributed by atoms with E-state index >= 15 is 0 Å². The molecule has 0 bridgehead atoms. The van der Waals surface area contributed by atoms with E-state index in [0.29, 0.717) is 17.5 Å². The molecule has 3 aromatic rings. The quantitative estimate of drug-likeness (QED) is 0.468. The molecule has 0 aliphatic heterocycles. The number of nitrogens with two attached hydrogens (primary N) is 1. The van der Waals surface area contributed by atoms with Crippen LogP contribution in [0.15, 0.2) is 45.9 Å². The number of fused-ring (bicyclic) bond motifs is 1. The van der Waals surface area contributed by atoms with Crippen molar-refractivity contribution in [3.05, 3.63) is 41.0 Å². The monoisotopic (exact) mass is 507 g/mol. The maximum atomic E-state index is 12.3. The summed E-state index contributed by atoms with van der Waals surface area (Å²) in [6, 6.07) is 9.16. The highest BCUT2D eigenvalue weighted by atomic mass is 79.9. The van der Waals surface area contributed by atoms with Crippen molar-refractivity contribution in [3.63, 3.8) is 0 Å². The van der Waals surface area contributed by atoms with E-state index in [9.17, 15) is 8.42 Å². The molecule has 9 nitrogen and oxygen atoms in total. The minimum absolute atomic E-state index is 0.239. The second-order valence-electron chi connectivity index (χ2n) is 7.95. The van der Waals surface area contributed by atoms with Crippen molar-refractivity contribution >= 4 is 48.9 Å². The van der Waals surface area contributed by atoms with Crippen molar-refractivity contribution in [1.29, 1.82) is 0 Å². The molecule has 2 aromatic heterocycles. The highest BCUT2D eigenvalue weighted by molar-refractivity contribution is 9.10. The fraction of sp³-hybridized carbons (Fsp3) is 0.400. The first-order chi connectivity index (χ1) is 14.7. The van der Waals surface area contributed by atoms with E-state index in [1.54, 1.807) is 35.0 Å². The largest absolute Gasteiger partial charge is 0.367 e. The van der Waals surface area contributed by atoms with Crippen LogP contribution in [0.25, 0.3) is 5.65 Å². The lowest BCUT2D eigenvalue weighted by Crippen LogP contribution is -2.33. The van der Waals surface area contributed by atoms with Crippen LogP contribution >= 0.6 is 15.9 Å². The summed E-state index contributed by atoms with van der Waals surface area (Å²) in [7, 11) is -0.446. The van der Waals surface area contributed by atoms with Crippen LogP contribution in [-0.2, 0) is 10.0 Å². The molecule has 0 spiro atoms. The predicted molar refractivity (Wildman–Crippen MR) is 125 cm³/mol. The van der Waals surface area contributed by atoms with E-state index in [2.05, 4.69) is 31.7 Å². The number of aromatic nitrogens is 3. The summed E-state index contributed by atoms with van der Waals surface area (Å²) in [4.78, 5) is 4.94. The van der Waals surface area contributed by atoms with Gasteiger partial charge in [-0.15, -0.1) is 0 Å². The summed E-state index contributed by atoms with van der Waals surface area (Å²) in [5.41, 5.74) is 7.45. The van der Waals surface area contributed by atoms with E-state index < -0.39 is 10.0 Å². The number of halogens is 1. The molecule has 0 radical (unpaired) electrons. The summed E-state index contributed by atoms with van der Waals surface area (Å²) in [6.45, 7) is 0. The zero-order valence-corrected chi connectivity index (χ0v) is 19.8. The number of hydrogen-bond donors (Lipinski definition) is 3. The molecule has 1 fully saturated rings. The van der Waals surface area contributed by atoms with E-state index in [0.717, 1.165) is 41.7 Å². The Morgan fingerprint density at radius 1 is 1.16 bits per heavy atom. The Morgan fingerprint density at radius 2 is 1.84 bits per heavy atom.